The highest BCUT2D eigenvalue weighted by atomic mass is 16.5. The number of nitrogens with zero attached hydrogens (tertiary/aromatic N) is 8. The van der Waals surface area contributed by atoms with E-state index in [-0.39, 0.29) is 47.0 Å². The van der Waals surface area contributed by atoms with Gasteiger partial charge in [0, 0.05) is 100 Å². The summed E-state index contributed by atoms with van der Waals surface area (Å²) in [5, 5.41) is 0. The predicted molar refractivity (Wildman–Crippen MR) is 531 cm³/mol. The molecule has 0 aliphatic rings. The van der Waals surface area contributed by atoms with E-state index >= 15 is 0 Å². The number of rotatable bonds is 64. The average molecular weight is 1750 g/mol. The van der Waals surface area contributed by atoms with E-state index in [1.54, 1.807) is 27.7 Å². The van der Waals surface area contributed by atoms with Gasteiger partial charge in [0.1, 0.15) is 0 Å². The van der Waals surface area contributed by atoms with Crippen LogP contribution in [0.3, 0.4) is 0 Å². The number of carbonyl (C=O) groups is 8. The summed E-state index contributed by atoms with van der Waals surface area (Å²) in [6, 6.07) is 0. The van der Waals surface area contributed by atoms with Crippen molar-refractivity contribution >= 4 is 47.0 Å². The molecule has 20 heteroatoms. The number of ether oxygens (including phenoxy) is 4. The van der Waals surface area contributed by atoms with Crippen LogP contribution < -0.4 is 0 Å². The van der Waals surface area contributed by atoms with Crippen molar-refractivity contribution in [2.75, 3.05) is 244 Å². The maximum atomic E-state index is 11.3. The molecule has 124 heavy (non-hydrogen) atoms. The molecule has 0 radical (unpaired) electrons. The first-order valence-electron chi connectivity index (χ1n) is 44.5. The zero-order valence-electron chi connectivity index (χ0n) is 84.7. The summed E-state index contributed by atoms with van der Waals surface area (Å²) in [4.78, 5) is 88.3. The largest absolute Gasteiger partial charge is 0.462 e. The second-order valence-electron chi connectivity index (χ2n) is 38.5. The molecule has 712 valence electrons. The number of unbranched alkanes of at least 4 members (excludes halogenated alkanes) is 4. The summed E-state index contributed by atoms with van der Waals surface area (Å²) < 4.78 is 27.4. The standard InChI is InChI=1S/C14H26NO2.C14H26NO.2C13H24NO2.2C13H24NO.C12H22NO2.C12H22NO/c1-12(2)8-10-15(5,6)9-7-11-17-14(16)13(3)4;1-12(2)11-15(5,6)10-8-7-9-14(16)13(3)4;1-6-13(15)16-11-7-9-14(4,5)10-8-12(2)3;1-6-7-9-14(4,5)10-8-11-16-13(15)12(2)3;1-6-13(15)9-7-8-10-14(4,5)11-12(2)3;1-6-10-14(4,5)11-8-7-9-13(15)12(2)3;1-5-7-9-13(3,4)10-8-11-15-12(14)6-2;1-5-10-13(3,4)11-8-7-9-12(14)6-2/h1,3,7-11H2,2,4-6H3;1,3,7-11H2,2,4-6H3;2*6H,1-2,7-11H2,3-5H3;2*6H,1-2,7-11H2,3-5H3;5-6H,1-2,7-11H2,3-4H3;5-6H,1-2,7-11H2,3-4H3/q8*+1. The number of quaternary nitrogens is 8. The van der Waals surface area contributed by atoms with Gasteiger partial charge in [0.2, 0.25) is 0 Å². The molecule has 0 spiro atoms. The Balaban J connectivity index is -0.000000207. The monoisotopic (exact) mass is 1750 g/mol. The molecule has 0 heterocycles. The van der Waals surface area contributed by atoms with Gasteiger partial charge in [-0.15, -0.1) is 13.2 Å². The van der Waals surface area contributed by atoms with Gasteiger partial charge in [-0.1, -0.05) is 115 Å². The molecule has 0 unspecified atom stereocenters. The van der Waals surface area contributed by atoms with Crippen molar-refractivity contribution in [3.05, 3.63) is 198 Å². The Morgan fingerprint density at radius 3 is 0.702 bits per heavy atom. The molecule has 0 aromatic rings. The molecule has 0 aliphatic carbocycles. The maximum Gasteiger partial charge on any atom is 0.333 e. The summed E-state index contributed by atoms with van der Waals surface area (Å²) in [5.74, 6) is -0.569. The van der Waals surface area contributed by atoms with Crippen molar-refractivity contribution in [3.63, 3.8) is 0 Å². The van der Waals surface area contributed by atoms with Crippen LogP contribution in [-0.4, -0.2) is 327 Å². The zero-order valence-corrected chi connectivity index (χ0v) is 84.7. The van der Waals surface area contributed by atoms with E-state index in [0.717, 1.165) is 243 Å². The number of likely N-dealkylation sites (N-methyl/N-ethyl adjacent to an activating group) is 4. The SMILES string of the molecule is C=C(C)CC[N+](C)(C)CCCOC(=O)C(=C)C.C=C(C)C[N+](C)(C)CCCCC(=O)C(=C)C.C=CC(=O)CCCC[N+](C)(C)CC(=C)C.C=CC(=O)OCCC[N+](C)(C)CCC(=C)C.C=CCC[N+](C)(C)CCCOC(=O)C(=C)C.C=CCC[N+](C)(C)CCCOC(=O)C=C.C=CC[N+](C)(C)CCCCC(=O)C(=C)C.C=CC[N+](C)(C)CCCCC(=O)C=C. The summed E-state index contributed by atoms with van der Waals surface area (Å²) in [6.07, 6.45) is 31.3. The molecule has 0 amide bonds. The quantitative estimate of drug-likeness (QED) is 0.0141. The Labute approximate surface area is 762 Å². The fourth-order valence-electron chi connectivity index (χ4n) is 11.8. The van der Waals surface area contributed by atoms with Crippen LogP contribution in [0.5, 0.6) is 0 Å². The van der Waals surface area contributed by atoms with Gasteiger partial charge in [-0.05, 0) is 153 Å². The van der Waals surface area contributed by atoms with Crippen LogP contribution in [-0.2, 0) is 57.3 Å². The van der Waals surface area contributed by atoms with E-state index in [1.807, 2.05) is 31.2 Å². The number of allylic oxidation sites excluding steroid dienone is 4. The summed E-state index contributed by atoms with van der Waals surface area (Å²) in [6.45, 7) is 92.2. The van der Waals surface area contributed by atoms with Gasteiger partial charge in [-0.2, -0.15) is 0 Å². The zero-order chi connectivity index (χ0) is 98.0. The fraction of sp³-hybridized carbons (Fsp3) is 0.615. The van der Waals surface area contributed by atoms with Crippen molar-refractivity contribution in [1.82, 2.24) is 0 Å². The Hall–Kier alpha value is -7.92. The van der Waals surface area contributed by atoms with Crippen molar-refractivity contribution in [1.29, 1.82) is 0 Å². The lowest BCUT2D eigenvalue weighted by atomic mass is 10.1. The highest BCUT2D eigenvalue weighted by Gasteiger charge is 2.21. The lowest BCUT2D eigenvalue weighted by Gasteiger charge is -2.30. The van der Waals surface area contributed by atoms with E-state index in [1.165, 1.54) is 46.6 Å². The minimum Gasteiger partial charge on any atom is -0.462 e. The average Bonchev–Trinajstić information content (AvgIpc) is 0.959. The van der Waals surface area contributed by atoms with E-state index in [0.29, 0.717) is 74.4 Å². The summed E-state index contributed by atoms with van der Waals surface area (Å²) >= 11 is 0. The van der Waals surface area contributed by atoms with E-state index in [2.05, 4.69) is 239 Å². The Bertz CT molecular complexity index is 3260. The molecule has 0 atom stereocenters. The van der Waals surface area contributed by atoms with Gasteiger partial charge < -0.3 is 54.8 Å². The number of hydrogen-bond donors (Lipinski definition) is 0. The van der Waals surface area contributed by atoms with E-state index < -0.39 is 0 Å². The van der Waals surface area contributed by atoms with Crippen molar-refractivity contribution in [3.8, 4) is 0 Å². The minimum absolute atomic E-state index is 0.152. The van der Waals surface area contributed by atoms with Gasteiger partial charge in [0.05, 0.1) is 244 Å². The van der Waals surface area contributed by atoms with Crippen LogP contribution >= 0.6 is 0 Å². The van der Waals surface area contributed by atoms with Crippen LogP contribution in [0.2, 0.25) is 0 Å². The normalized spacial score (nSPS) is 11.0. The lowest BCUT2D eigenvalue weighted by molar-refractivity contribution is -0.890. The molecule has 0 N–H and O–H groups in total. The Kier molecular flexibility index (Phi) is 81.0. The predicted octanol–water partition coefficient (Wildman–Crippen LogP) is 18.9. The molecule has 0 saturated carbocycles. The van der Waals surface area contributed by atoms with Crippen molar-refractivity contribution < 1.29 is 93.2 Å². The van der Waals surface area contributed by atoms with Crippen LogP contribution in [0.1, 0.15) is 184 Å². The summed E-state index contributed by atoms with van der Waals surface area (Å²) in [7, 11) is 34.9. The molecule has 0 fully saturated rings. The van der Waals surface area contributed by atoms with Gasteiger partial charge >= 0.3 is 23.9 Å². The highest BCUT2D eigenvalue weighted by Crippen LogP contribution is 2.14. The second-order valence-corrected chi connectivity index (χ2v) is 38.5. The topological polar surface area (TPSA) is 173 Å². The van der Waals surface area contributed by atoms with Crippen LogP contribution in [0, 0.1) is 0 Å². The number of Topliss-reactive ketones (excluding diaryl/α,β-unsaturated/α-hetero) is 2. The van der Waals surface area contributed by atoms with Crippen molar-refractivity contribution in [2.45, 2.75) is 184 Å². The minimum atomic E-state index is -0.341. The van der Waals surface area contributed by atoms with E-state index in [4.69, 9.17) is 18.9 Å². The number of hydrogen-bond acceptors (Lipinski definition) is 12. The Morgan fingerprint density at radius 1 is 0.242 bits per heavy atom. The maximum absolute atomic E-state index is 11.3. The van der Waals surface area contributed by atoms with Crippen LogP contribution in [0.4, 0.5) is 0 Å². The molecule has 0 bridgehead atoms. The third kappa shape index (κ3) is 101. The molecule has 0 aromatic heterocycles. The van der Waals surface area contributed by atoms with Crippen LogP contribution in [0.15, 0.2) is 198 Å². The van der Waals surface area contributed by atoms with Gasteiger partial charge in [-0.3, -0.25) is 19.2 Å². The van der Waals surface area contributed by atoms with Crippen LogP contribution in [0.25, 0.3) is 0 Å². The second kappa shape index (κ2) is 76.3. The third-order valence-corrected chi connectivity index (χ3v) is 19.5. The van der Waals surface area contributed by atoms with Crippen molar-refractivity contribution in [2.24, 2.45) is 0 Å². The molecular weight excluding hydrogens is 1550 g/mol. The van der Waals surface area contributed by atoms with Gasteiger partial charge in [0.25, 0.3) is 0 Å². The first-order chi connectivity index (χ1) is 57.0. The first-order valence-corrected chi connectivity index (χ1v) is 44.5. The number of carbonyl (C=O) groups excluding carboxylic acids is 8. The number of ketones is 4. The molecular formula is C104H192N8O12+8. The van der Waals surface area contributed by atoms with E-state index in [9.17, 15) is 38.4 Å². The molecule has 0 aromatic carbocycles. The number of esters is 4. The Morgan fingerprint density at radius 2 is 0.484 bits per heavy atom. The smallest absolute Gasteiger partial charge is 0.333 e. The molecule has 0 rings (SSSR count). The molecule has 0 saturated heterocycles. The van der Waals surface area contributed by atoms with Gasteiger partial charge in [-0.25, -0.2) is 19.2 Å². The first kappa shape index (κ1) is 132. The fourth-order valence-corrected chi connectivity index (χ4v) is 11.8. The van der Waals surface area contributed by atoms with Gasteiger partial charge in [0.15, 0.2) is 23.1 Å². The lowest BCUT2D eigenvalue weighted by Crippen LogP contribution is -2.41. The summed E-state index contributed by atoms with van der Waals surface area (Å²) in [5.41, 5.74) is 7.12. The third-order valence-electron chi connectivity index (χ3n) is 19.5. The molecule has 0 aliphatic heterocycles. The molecule has 20 nitrogen and oxygen atoms in total. The highest BCUT2D eigenvalue weighted by molar-refractivity contribution is 5.94.